The van der Waals surface area contributed by atoms with Crippen LogP contribution in [0.2, 0.25) is 0 Å². The normalized spacial score (nSPS) is 12.5. The summed E-state index contributed by atoms with van der Waals surface area (Å²) in [7, 11) is 0. The Hall–Kier alpha value is -0.790. The maximum Gasteiger partial charge on any atom is 0.111 e. The van der Waals surface area contributed by atoms with Crippen LogP contribution in [0.3, 0.4) is 0 Å². The van der Waals surface area contributed by atoms with Gasteiger partial charge in [-0.3, -0.25) is 0 Å². The summed E-state index contributed by atoms with van der Waals surface area (Å²) in [6.45, 7) is 9.23. The van der Waals surface area contributed by atoms with E-state index in [0.717, 1.165) is 0 Å². The molecule has 1 rings (SSSR count). The van der Waals surface area contributed by atoms with Crippen LogP contribution in [-0.2, 0) is 0 Å². The Morgan fingerprint density at radius 3 is 1.05 bits per heavy atom. The Bertz CT molecular complexity index is 633. The van der Waals surface area contributed by atoms with Gasteiger partial charge in [0.15, 0.2) is 0 Å². The second-order valence-electron chi connectivity index (χ2n) is 13.8. The van der Waals surface area contributed by atoms with Crippen molar-refractivity contribution in [2.75, 3.05) is 0 Å². The first-order valence-electron chi connectivity index (χ1n) is 19.2. The molecule has 1 aromatic heterocycles. The van der Waals surface area contributed by atoms with Gasteiger partial charge in [0.2, 0.25) is 0 Å². The van der Waals surface area contributed by atoms with Crippen molar-refractivity contribution >= 4 is 0 Å². The lowest BCUT2D eigenvalue weighted by Gasteiger charge is -2.20. The van der Waals surface area contributed by atoms with E-state index in [1.807, 2.05) is 6.20 Å². The Labute approximate surface area is 259 Å². The molecule has 1 heterocycles. The third kappa shape index (κ3) is 22.4. The first-order chi connectivity index (χ1) is 20.2. The quantitative estimate of drug-likeness (QED) is 0.0785. The van der Waals surface area contributed by atoms with E-state index in [-0.39, 0.29) is 0 Å². The molecule has 0 fully saturated rings. The Morgan fingerprint density at radius 2 is 0.756 bits per heavy atom. The van der Waals surface area contributed by atoms with Crippen LogP contribution in [0.1, 0.15) is 238 Å². The lowest BCUT2D eigenvalue weighted by Crippen LogP contribution is -2.11. The van der Waals surface area contributed by atoms with E-state index in [2.05, 4.69) is 38.5 Å². The van der Waals surface area contributed by atoms with Crippen LogP contribution in [0.4, 0.5) is 0 Å². The van der Waals surface area contributed by atoms with Gasteiger partial charge in [-0.15, -0.1) is 0 Å². The summed E-state index contributed by atoms with van der Waals surface area (Å²) in [6, 6.07) is 0.516. The second-order valence-corrected chi connectivity index (χ2v) is 13.8. The summed E-state index contributed by atoms with van der Waals surface area (Å²) in [5.41, 5.74) is 0. The third-order valence-corrected chi connectivity index (χ3v) is 9.43. The van der Waals surface area contributed by atoms with E-state index in [9.17, 15) is 0 Å². The van der Waals surface area contributed by atoms with Gasteiger partial charge in [-0.2, -0.15) is 0 Å². The van der Waals surface area contributed by atoms with Gasteiger partial charge >= 0.3 is 0 Å². The SMILES string of the molecule is CCCCCCCCCCCCCCCCCC(CCCCCCCCCCCCCCC)c1nccn1C(C)C. The summed E-state index contributed by atoms with van der Waals surface area (Å²) in [4.78, 5) is 4.87. The van der Waals surface area contributed by atoms with Crippen LogP contribution in [0.5, 0.6) is 0 Å². The fraction of sp³-hybridized carbons (Fsp3) is 0.923. The number of imidazole rings is 1. The van der Waals surface area contributed by atoms with Crippen molar-refractivity contribution in [3.63, 3.8) is 0 Å². The summed E-state index contributed by atoms with van der Waals surface area (Å²) in [5, 5.41) is 0. The number of aromatic nitrogens is 2. The van der Waals surface area contributed by atoms with E-state index in [1.54, 1.807) is 0 Å². The highest BCUT2D eigenvalue weighted by atomic mass is 15.1. The fourth-order valence-electron chi connectivity index (χ4n) is 6.65. The highest BCUT2D eigenvalue weighted by Gasteiger charge is 2.18. The molecule has 0 aliphatic heterocycles. The molecule has 1 unspecified atom stereocenters. The molecule has 0 spiro atoms. The van der Waals surface area contributed by atoms with E-state index < -0.39 is 0 Å². The molecule has 0 amide bonds. The minimum Gasteiger partial charge on any atom is -0.332 e. The molecule has 2 heteroatoms. The van der Waals surface area contributed by atoms with Gasteiger partial charge in [0.05, 0.1) is 0 Å². The average Bonchev–Trinajstić information content (AvgIpc) is 3.47. The molecular formula is C39H76N2. The van der Waals surface area contributed by atoms with E-state index >= 15 is 0 Å². The van der Waals surface area contributed by atoms with Crippen molar-refractivity contribution < 1.29 is 0 Å². The zero-order valence-electron chi connectivity index (χ0n) is 28.9. The smallest absolute Gasteiger partial charge is 0.111 e. The Balaban J connectivity index is 2.11. The van der Waals surface area contributed by atoms with Crippen LogP contribution in [0, 0.1) is 0 Å². The van der Waals surface area contributed by atoms with Gasteiger partial charge in [0.25, 0.3) is 0 Å². The average molecular weight is 573 g/mol. The maximum absolute atomic E-state index is 4.87. The zero-order chi connectivity index (χ0) is 29.6. The van der Waals surface area contributed by atoms with E-state index in [0.29, 0.717) is 12.0 Å². The minimum absolute atomic E-state index is 0.516. The maximum atomic E-state index is 4.87. The molecule has 242 valence electrons. The van der Waals surface area contributed by atoms with Crippen LogP contribution in [0.15, 0.2) is 12.4 Å². The van der Waals surface area contributed by atoms with Crippen molar-refractivity contribution in [2.45, 2.75) is 232 Å². The van der Waals surface area contributed by atoms with E-state index in [4.69, 9.17) is 4.98 Å². The van der Waals surface area contributed by atoms with E-state index in [1.165, 1.54) is 198 Å². The molecule has 1 atom stereocenters. The van der Waals surface area contributed by atoms with Crippen LogP contribution < -0.4 is 0 Å². The number of rotatable bonds is 32. The standard InChI is InChI=1S/C39H76N2/c1-5-7-9-11-13-15-17-19-20-22-24-26-28-30-32-34-38(39-40-35-36-41(39)37(3)4)33-31-29-27-25-23-21-18-16-14-12-10-8-6-2/h35-38H,5-34H2,1-4H3. The molecule has 2 nitrogen and oxygen atoms in total. The molecule has 0 radical (unpaired) electrons. The van der Waals surface area contributed by atoms with Gasteiger partial charge in [0.1, 0.15) is 5.82 Å². The molecule has 0 saturated heterocycles. The van der Waals surface area contributed by atoms with Crippen molar-refractivity contribution in [1.29, 1.82) is 0 Å². The van der Waals surface area contributed by atoms with Gasteiger partial charge in [0, 0.05) is 24.4 Å². The first-order valence-corrected chi connectivity index (χ1v) is 19.2. The molecule has 0 saturated carbocycles. The van der Waals surface area contributed by atoms with Crippen LogP contribution in [0.25, 0.3) is 0 Å². The van der Waals surface area contributed by atoms with Gasteiger partial charge in [-0.1, -0.05) is 194 Å². The minimum atomic E-state index is 0.516. The molecule has 0 aliphatic rings. The summed E-state index contributed by atoms with van der Waals surface area (Å²) in [5.74, 6) is 2.02. The lowest BCUT2D eigenvalue weighted by molar-refractivity contribution is 0.441. The Morgan fingerprint density at radius 1 is 0.463 bits per heavy atom. The number of unbranched alkanes of at least 4 members (excludes halogenated alkanes) is 26. The summed E-state index contributed by atoms with van der Waals surface area (Å²) >= 11 is 0. The van der Waals surface area contributed by atoms with Gasteiger partial charge in [-0.25, -0.2) is 4.98 Å². The van der Waals surface area contributed by atoms with Crippen LogP contribution in [-0.4, -0.2) is 9.55 Å². The van der Waals surface area contributed by atoms with Crippen molar-refractivity contribution in [3.05, 3.63) is 18.2 Å². The first kappa shape index (κ1) is 38.2. The molecular weight excluding hydrogens is 496 g/mol. The van der Waals surface area contributed by atoms with Crippen LogP contribution >= 0.6 is 0 Å². The molecule has 0 N–H and O–H groups in total. The van der Waals surface area contributed by atoms with Crippen molar-refractivity contribution in [3.8, 4) is 0 Å². The third-order valence-electron chi connectivity index (χ3n) is 9.43. The van der Waals surface area contributed by atoms with Gasteiger partial charge < -0.3 is 4.57 Å². The number of nitrogens with zero attached hydrogens (tertiary/aromatic N) is 2. The predicted octanol–water partition coefficient (Wildman–Crippen LogP) is 14.3. The number of hydrogen-bond donors (Lipinski definition) is 0. The molecule has 0 bridgehead atoms. The predicted molar refractivity (Wildman–Crippen MR) is 185 cm³/mol. The van der Waals surface area contributed by atoms with Crippen molar-refractivity contribution in [1.82, 2.24) is 9.55 Å². The summed E-state index contributed by atoms with van der Waals surface area (Å²) < 4.78 is 2.44. The highest BCUT2D eigenvalue weighted by Crippen LogP contribution is 2.29. The zero-order valence-corrected chi connectivity index (χ0v) is 28.9. The molecule has 1 aromatic rings. The van der Waals surface area contributed by atoms with Crippen molar-refractivity contribution in [2.24, 2.45) is 0 Å². The largest absolute Gasteiger partial charge is 0.332 e. The van der Waals surface area contributed by atoms with Gasteiger partial charge in [-0.05, 0) is 26.7 Å². The molecule has 41 heavy (non-hydrogen) atoms. The summed E-state index contributed by atoms with van der Waals surface area (Å²) in [6.07, 6.45) is 47.3. The Kier molecular flexibility index (Phi) is 27.3. The topological polar surface area (TPSA) is 17.8 Å². The highest BCUT2D eigenvalue weighted by molar-refractivity contribution is 5.02. The monoisotopic (exact) mass is 573 g/mol. The molecule has 0 aromatic carbocycles. The second kappa shape index (κ2) is 29.3. The fourth-order valence-corrected chi connectivity index (χ4v) is 6.65. The number of hydrogen-bond acceptors (Lipinski definition) is 1. The lowest BCUT2D eigenvalue weighted by atomic mass is 9.93. The molecule has 0 aliphatic carbocycles.